The van der Waals surface area contributed by atoms with Gasteiger partial charge in [-0.2, -0.15) is 0 Å². The highest BCUT2D eigenvalue weighted by Crippen LogP contribution is 2.74. The molecular weight excluding hydrogens is 392 g/mol. The van der Waals surface area contributed by atoms with Crippen LogP contribution in [0.25, 0.3) is 0 Å². The van der Waals surface area contributed by atoms with E-state index in [0.717, 1.165) is 24.7 Å². The van der Waals surface area contributed by atoms with Gasteiger partial charge in [0.2, 0.25) is 0 Å². The summed E-state index contributed by atoms with van der Waals surface area (Å²) in [6.45, 7) is 16.4. The zero-order valence-electron chi connectivity index (χ0n) is 21.4. The molecule has 32 heavy (non-hydrogen) atoms. The number of hydrogen-bond donors (Lipinski definition) is 0. The van der Waals surface area contributed by atoms with E-state index in [2.05, 4.69) is 41.2 Å². The SMILES string of the molecule is C=C1CC23CC[C@H]4[C@@](C)(CCC[C@@]4(C)C(=O)OC4(C)CCC5(C(C)C)CC45)[C@@H]2CC[C@H]1C3. The molecule has 0 aromatic rings. The average molecular weight is 439 g/mol. The second-order valence-electron chi connectivity index (χ2n) is 14.4. The highest BCUT2D eigenvalue weighted by atomic mass is 16.6. The van der Waals surface area contributed by atoms with Crippen LogP contribution in [0, 0.1) is 51.2 Å². The van der Waals surface area contributed by atoms with E-state index in [1.807, 2.05) is 0 Å². The molecule has 4 unspecified atom stereocenters. The Bertz CT molecular complexity index is 859. The molecule has 6 aliphatic carbocycles. The minimum atomic E-state index is -0.304. The summed E-state index contributed by atoms with van der Waals surface area (Å²) in [6, 6.07) is 0. The van der Waals surface area contributed by atoms with Crippen LogP contribution >= 0.6 is 0 Å². The topological polar surface area (TPSA) is 26.3 Å². The van der Waals surface area contributed by atoms with Crippen molar-refractivity contribution in [1.82, 2.24) is 0 Å². The summed E-state index contributed by atoms with van der Waals surface area (Å²) < 4.78 is 6.62. The smallest absolute Gasteiger partial charge is 0.312 e. The molecule has 0 aliphatic heterocycles. The zero-order valence-corrected chi connectivity index (χ0v) is 21.4. The molecule has 2 heteroatoms. The van der Waals surface area contributed by atoms with Crippen LogP contribution < -0.4 is 0 Å². The molecular formula is C30H46O2. The van der Waals surface area contributed by atoms with Gasteiger partial charge < -0.3 is 4.74 Å². The summed E-state index contributed by atoms with van der Waals surface area (Å²) in [5.74, 6) is 3.49. The van der Waals surface area contributed by atoms with Crippen LogP contribution in [-0.2, 0) is 9.53 Å². The number of carbonyl (C=O) groups excluding carboxylic acids is 1. The first kappa shape index (κ1) is 21.7. The van der Waals surface area contributed by atoms with E-state index in [4.69, 9.17) is 4.74 Å². The molecule has 6 fully saturated rings. The zero-order chi connectivity index (χ0) is 22.7. The first-order chi connectivity index (χ1) is 15.0. The van der Waals surface area contributed by atoms with Gasteiger partial charge in [0.1, 0.15) is 5.60 Å². The van der Waals surface area contributed by atoms with Crippen molar-refractivity contribution in [2.75, 3.05) is 0 Å². The summed E-state index contributed by atoms with van der Waals surface area (Å²) in [6.07, 6.45) is 15.0. The number of hydrogen-bond acceptors (Lipinski definition) is 2. The highest BCUT2D eigenvalue weighted by molar-refractivity contribution is 5.78. The van der Waals surface area contributed by atoms with Gasteiger partial charge in [0.05, 0.1) is 5.41 Å². The van der Waals surface area contributed by atoms with E-state index < -0.39 is 0 Å². The normalized spacial score (nSPS) is 55.9. The fourth-order valence-electron chi connectivity index (χ4n) is 11.1. The molecule has 6 rings (SSSR count). The summed E-state index contributed by atoms with van der Waals surface area (Å²) in [4.78, 5) is 14.0. The van der Waals surface area contributed by atoms with Crippen LogP contribution in [0.1, 0.15) is 112 Å². The van der Waals surface area contributed by atoms with Crippen molar-refractivity contribution in [3.8, 4) is 0 Å². The Hall–Kier alpha value is -0.790. The van der Waals surface area contributed by atoms with Crippen LogP contribution in [0.15, 0.2) is 12.2 Å². The van der Waals surface area contributed by atoms with E-state index >= 15 is 0 Å². The molecule has 2 nitrogen and oxygen atoms in total. The van der Waals surface area contributed by atoms with Crippen molar-refractivity contribution >= 4 is 5.97 Å². The van der Waals surface area contributed by atoms with Crippen LogP contribution in [-0.4, -0.2) is 11.6 Å². The van der Waals surface area contributed by atoms with Crippen LogP contribution in [0.5, 0.6) is 0 Å². The molecule has 178 valence electrons. The van der Waals surface area contributed by atoms with Gasteiger partial charge in [0, 0.05) is 5.92 Å². The fourth-order valence-corrected chi connectivity index (χ4v) is 11.1. The Morgan fingerprint density at radius 2 is 1.72 bits per heavy atom. The lowest BCUT2D eigenvalue weighted by Crippen LogP contribution is -2.59. The number of esters is 1. The first-order valence-electron chi connectivity index (χ1n) is 13.9. The van der Waals surface area contributed by atoms with Gasteiger partial charge in [-0.25, -0.2) is 0 Å². The van der Waals surface area contributed by atoms with Gasteiger partial charge in [-0.1, -0.05) is 39.3 Å². The minimum absolute atomic E-state index is 0.155. The lowest BCUT2D eigenvalue weighted by atomic mass is 9.41. The predicted molar refractivity (Wildman–Crippen MR) is 129 cm³/mol. The Kier molecular flexibility index (Phi) is 4.38. The van der Waals surface area contributed by atoms with Crippen molar-refractivity contribution in [2.45, 2.75) is 117 Å². The maximum absolute atomic E-state index is 14.0. The van der Waals surface area contributed by atoms with Gasteiger partial charge in [0.15, 0.2) is 0 Å². The second kappa shape index (κ2) is 6.45. The molecule has 2 bridgehead atoms. The van der Waals surface area contributed by atoms with Crippen LogP contribution in [0.2, 0.25) is 0 Å². The highest BCUT2D eigenvalue weighted by Gasteiger charge is 2.70. The monoisotopic (exact) mass is 438 g/mol. The van der Waals surface area contributed by atoms with Gasteiger partial charge in [-0.05, 0) is 124 Å². The Morgan fingerprint density at radius 3 is 2.41 bits per heavy atom. The van der Waals surface area contributed by atoms with E-state index in [9.17, 15) is 4.79 Å². The lowest BCUT2D eigenvalue weighted by molar-refractivity contribution is -0.198. The largest absolute Gasteiger partial charge is 0.459 e. The van der Waals surface area contributed by atoms with Gasteiger partial charge in [0.25, 0.3) is 0 Å². The number of fused-ring (bicyclic) bond motifs is 4. The average Bonchev–Trinajstić information content (AvgIpc) is 3.36. The maximum Gasteiger partial charge on any atom is 0.312 e. The molecule has 0 heterocycles. The van der Waals surface area contributed by atoms with Crippen molar-refractivity contribution in [2.24, 2.45) is 51.2 Å². The molecule has 0 aromatic heterocycles. The second-order valence-corrected chi connectivity index (χ2v) is 14.4. The molecule has 1 spiro atoms. The molecule has 6 aliphatic rings. The summed E-state index contributed by atoms with van der Waals surface area (Å²) >= 11 is 0. The molecule has 0 N–H and O–H groups in total. The first-order valence-corrected chi connectivity index (χ1v) is 13.9. The maximum atomic E-state index is 14.0. The third-order valence-corrected chi connectivity index (χ3v) is 12.9. The van der Waals surface area contributed by atoms with Crippen LogP contribution in [0.4, 0.5) is 0 Å². The van der Waals surface area contributed by atoms with Crippen LogP contribution in [0.3, 0.4) is 0 Å². The molecule has 0 saturated heterocycles. The summed E-state index contributed by atoms with van der Waals surface area (Å²) in [7, 11) is 0. The molecule has 0 amide bonds. The minimum Gasteiger partial charge on any atom is -0.459 e. The van der Waals surface area contributed by atoms with E-state index in [1.165, 1.54) is 64.2 Å². The van der Waals surface area contributed by atoms with Gasteiger partial charge >= 0.3 is 5.97 Å². The van der Waals surface area contributed by atoms with Crippen molar-refractivity contribution < 1.29 is 9.53 Å². The van der Waals surface area contributed by atoms with E-state index in [0.29, 0.717) is 28.6 Å². The number of ether oxygens (including phenoxy) is 1. The quantitative estimate of drug-likeness (QED) is 0.333. The lowest BCUT2D eigenvalue weighted by Gasteiger charge is -2.63. The van der Waals surface area contributed by atoms with E-state index in [1.54, 1.807) is 5.57 Å². The van der Waals surface area contributed by atoms with E-state index in [-0.39, 0.29) is 22.4 Å². The molecule has 0 radical (unpaired) electrons. The summed E-state index contributed by atoms with van der Waals surface area (Å²) in [5, 5.41) is 0. The Balaban J connectivity index is 1.26. The third kappa shape index (κ3) is 2.56. The number of rotatable bonds is 3. The van der Waals surface area contributed by atoms with Crippen molar-refractivity contribution in [3.63, 3.8) is 0 Å². The predicted octanol–water partition coefficient (Wildman–Crippen LogP) is 7.71. The molecule has 6 saturated carbocycles. The van der Waals surface area contributed by atoms with Gasteiger partial charge in [-0.3, -0.25) is 4.79 Å². The third-order valence-electron chi connectivity index (χ3n) is 12.9. The van der Waals surface area contributed by atoms with Crippen molar-refractivity contribution in [3.05, 3.63) is 12.2 Å². The number of carbonyl (C=O) groups is 1. The van der Waals surface area contributed by atoms with Gasteiger partial charge in [-0.15, -0.1) is 0 Å². The fraction of sp³-hybridized carbons (Fsp3) is 0.900. The van der Waals surface area contributed by atoms with Crippen molar-refractivity contribution in [1.29, 1.82) is 0 Å². The summed E-state index contributed by atoms with van der Waals surface area (Å²) in [5.41, 5.74) is 2.25. The standard InChI is InChI=1S/C30H46O2/c1-19(2)30-15-14-28(6,24(30)18-30)32-25(31)27(5)12-7-11-26(4)22(27)10-13-29-16-20(3)21(17-29)8-9-23(26)29/h19,21-24H,3,7-18H2,1-2,4-6H3/t21-,22-,23-,24?,26+,27+,28?,29?,30?/m0/s1. The Labute approximate surface area is 196 Å². The molecule has 0 aromatic carbocycles. The Morgan fingerprint density at radius 1 is 0.938 bits per heavy atom. The number of allylic oxidation sites excluding steroid dienone is 1. The molecule has 9 atom stereocenters.